The van der Waals surface area contributed by atoms with Gasteiger partial charge in [0.15, 0.2) is 29.9 Å². The Morgan fingerprint density at radius 3 is 2.23 bits per heavy atom. The molecule has 0 radical (unpaired) electrons. The van der Waals surface area contributed by atoms with Crippen LogP contribution in [0.1, 0.15) is 48.5 Å². The van der Waals surface area contributed by atoms with Gasteiger partial charge in [0.05, 0.1) is 13.2 Å². The van der Waals surface area contributed by atoms with Gasteiger partial charge in [-0.25, -0.2) is 0 Å². The Morgan fingerprint density at radius 1 is 0.886 bits per heavy atom. The number of aliphatic hydroxyl groups excluding tert-OH is 1. The normalized spacial score (nSPS) is 47.4. The molecule has 10 atom stereocenters. The predicted octanol–water partition coefficient (Wildman–Crippen LogP) is 0.142. The molecule has 0 bridgehead atoms. The summed E-state index contributed by atoms with van der Waals surface area (Å²) < 4.78 is 54.2. The molecule has 200 valence electrons. The molecule has 0 unspecified atom stereocenters. The maximum absolute atomic E-state index is 11.9. The van der Waals surface area contributed by atoms with Crippen LogP contribution in [-0.4, -0.2) is 103 Å². The molecule has 5 aliphatic rings. The summed E-state index contributed by atoms with van der Waals surface area (Å²) >= 11 is 0. The molecule has 0 aliphatic carbocycles. The molecule has 5 fully saturated rings. The lowest BCUT2D eigenvalue weighted by Gasteiger charge is -2.50. The molecule has 0 spiro atoms. The van der Waals surface area contributed by atoms with Crippen LogP contribution in [0.5, 0.6) is 0 Å². The highest BCUT2D eigenvalue weighted by atomic mass is 16.9. The molecule has 0 aromatic heterocycles. The first-order valence-electron chi connectivity index (χ1n) is 12.1. The maximum Gasteiger partial charge on any atom is 0.217 e. The van der Waals surface area contributed by atoms with Gasteiger partial charge in [-0.2, -0.15) is 0 Å². The van der Waals surface area contributed by atoms with E-state index in [9.17, 15) is 9.90 Å². The number of hydrogen-bond acceptors (Lipinski definition) is 11. The second-order valence-corrected chi connectivity index (χ2v) is 11.1. The molecule has 5 saturated heterocycles. The van der Waals surface area contributed by atoms with Crippen LogP contribution < -0.4 is 5.32 Å². The smallest absolute Gasteiger partial charge is 0.217 e. The van der Waals surface area contributed by atoms with Crippen LogP contribution in [-0.2, 0) is 47.4 Å². The minimum absolute atomic E-state index is 0.0334. The summed E-state index contributed by atoms with van der Waals surface area (Å²) in [6.07, 6.45) is -5.90. The van der Waals surface area contributed by atoms with Crippen LogP contribution in [0.4, 0.5) is 0 Å². The number of nitrogens with one attached hydrogen (secondary N) is 1. The van der Waals surface area contributed by atoms with Gasteiger partial charge in [-0.1, -0.05) is 0 Å². The highest BCUT2D eigenvalue weighted by Crippen LogP contribution is 2.44. The fourth-order valence-corrected chi connectivity index (χ4v) is 5.39. The highest BCUT2D eigenvalue weighted by Gasteiger charge is 2.61. The summed E-state index contributed by atoms with van der Waals surface area (Å²) in [5.74, 6) is -2.89. The average molecular weight is 504 g/mol. The number of ether oxygens (including phenoxy) is 9. The van der Waals surface area contributed by atoms with Crippen molar-refractivity contribution in [2.45, 2.75) is 127 Å². The molecule has 35 heavy (non-hydrogen) atoms. The van der Waals surface area contributed by atoms with Crippen molar-refractivity contribution in [3.05, 3.63) is 0 Å². The number of carbonyl (C=O) groups is 1. The van der Waals surface area contributed by atoms with E-state index in [4.69, 9.17) is 42.6 Å². The predicted molar refractivity (Wildman–Crippen MR) is 116 cm³/mol. The monoisotopic (exact) mass is 503 g/mol. The first-order chi connectivity index (χ1) is 16.2. The fraction of sp³-hybridized carbons (Fsp3) is 0.957. The number of hydrogen-bond donors (Lipinski definition) is 2. The van der Waals surface area contributed by atoms with Crippen LogP contribution >= 0.6 is 0 Å². The van der Waals surface area contributed by atoms with Crippen LogP contribution in [0.15, 0.2) is 0 Å². The van der Waals surface area contributed by atoms with Gasteiger partial charge in [0.1, 0.15) is 48.8 Å². The number of aliphatic hydroxyl groups is 1. The minimum Gasteiger partial charge on any atom is -0.388 e. The van der Waals surface area contributed by atoms with Gasteiger partial charge in [0.2, 0.25) is 5.91 Å². The van der Waals surface area contributed by atoms with Crippen LogP contribution in [0.2, 0.25) is 0 Å². The third-order valence-electron chi connectivity index (χ3n) is 6.73. The summed E-state index contributed by atoms with van der Waals surface area (Å²) in [4.78, 5) is 11.9. The Kier molecular flexibility index (Phi) is 6.48. The molecule has 0 aromatic rings. The Balaban J connectivity index is 1.31. The van der Waals surface area contributed by atoms with E-state index in [0.717, 1.165) is 0 Å². The number of fused-ring (bicyclic) bond motifs is 4. The van der Waals surface area contributed by atoms with Gasteiger partial charge in [-0.3, -0.25) is 4.79 Å². The third-order valence-corrected chi connectivity index (χ3v) is 6.73. The lowest BCUT2D eigenvalue weighted by molar-refractivity contribution is -0.371. The number of carbonyl (C=O) groups excluding carboxylic acids is 1. The second-order valence-electron chi connectivity index (χ2n) is 11.1. The molecule has 1 amide bonds. The summed E-state index contributed by atoms with van der Waals surface area (Å²) in [6, 6.07) is -0.864. The molecule has 5 rings (SSSR count). The van der Waals surface area contributed by atoms with E-state index in [1.807, 2.05) is 27.7 Å². The van der Waals surface area contributed by atoms with Crippen molar-refractivity contribution in [2.24, 2.45) is 0 Å². The topological polar surface area (TPSA) is 132 Å². The van der Waals surface area contributed by atoms with Crippen LogP contribution in [0.3, 0.4) is 0 Å². The van der Waals surface area contributed by atoms with Crippen molar-refractivity contribution in [1.29, 1.82) is 0 Å². The minimum atomic E-state index is -1.08. The molecule has 0 aromatic carbocycles. The van der Waals surface area contributed by atoms with Gasteiger partial charge in [-0.05, 0) is 41.5 Å². The standard InChI is InChI=1S/C23H37NO11/c1-10(25)24-13-14(26)15-12(9-28-21(2,3)31-15)29-19(13)27-8-11-16-17(33-22(4,5)32-16)18-20(30-11)35-23(6,7)34-18/h11-20,26H,8-9H2,1-7H3,(H,24,25)/t11-,12-,13+,14-,15-,16+,17+,18-,19+,20-/m1/s1. The van der Waals surface area contributed by atoms with Gasteiger partial charge in [0, 0.05) is 6.92 Å². The number of amides is 1. The van der Waals surface area contributed by atoms with Crippen LogP contribution in [0, 0.1) is 0 Å². The molecule has 0 saturated carbocycles. The Labute approximate surface area is 204 Å². The van der Waals surface area contributed by atoms with E-state index < -0.39 is 78.7 Å². The van der Waals surface area contributed by atoms with Gasteiger partial charge in [-0.15, -0.1) is 0 Å². The second kappa shape index (κ2) is 8.83. The Hall–Kier alpha value is -0.930. The average Bonchev–Trinajstić information content (AvgIpc) is 3.22. The van der Waals surface area contributed by atoms with Crippen molar-refractivity contribution >= 4 is 5.91 Å². The molecular weight excluding hydrogens is 466 g/mol. The van der Waals surface area contributed by atoms with E-state index in [1.54, 1.807) is 13.8 Å². The van der Waals surface area contributed by atoms with Crippen molar-refractivity contribution in [1.82, 2.24) is 5.32 Å². The first-order valence-corrected chi connectivity index (χ1v) is 12.1. The largest absolute Gasteiger partial charge is 0.388 e. The van der Waals surface area contributed by atoms with Crippen molar-refractivity contribution in [2.75, 3.05) is 13.2 Å². The zero-order chi connectivity index (χ0) is 25.3. The van der Waals surface area contributed by atoms with E-state index >= 15 is 0 Å². The maximum atomic E-state index is 11.9. The zero-order valence-electron chi connectivity index (χ0n) is 21.2. The fourth-order valence-electron chi connectivity index (χ4n) is 5.39. The van der Waals surface area contributed by atoms with E-state index in [1.165, 1.54) is 6.92 Å². The number of rotatable bonds is 4. The van der Waals surface area contributed by atoms with Crippen molar-refractivity contribution in [3.8, 4) is 0 Å². The van der Waals surface area contributed by atoms with Crippen molar-refractivity contribution < 1.29 is 52.5 Å². The van der Waals surface area contributed by atoms with Gasteiger partial charge < -0.3 is 53.1 Å². The molecule has 12 heteroatoms. The quantitative estimate of drug-likeness (QED) is 0.543. The lowest BCUT2D eigenvalue weighted by Crippen LogP contribution is -2.68. The summed E-state index contributed by atoms with van der Waals surface area (Å²) in [7, 11) is 0. The summed E-state index contributed by atoms with van der Waals surface area (Å²) in [6.45, 7) is 12.4. The molecule has 5 heterocycles. The van der Waals surface area contributed by atoms with E-state index in [0.29, 0.717) is 0 Å². The molecule has 5 aliphatic heterocycles. The van der Waals surface area contributed by atoms with Crippen LogP contribution in [0.25, 0.3) is 0 Å². The van der Waals surface area contributed by atoms with Gasteiger partial charge >= 0.3 is 0 Å². The highest BCUT2D eigenvalue weighted by molar-refractivity contribution is 5.73. The SMILES string of the molecule is CC(=O)N[C@@H]1[C@@H](OC[C@H]2O[C@@H]3OC(C)(C)O[C@@H]3[C@H]3OC(C)(C)O[C@H]32)O[C@@H]2COC(C)(C)O[C@H]2[C@@H]1O. The zero-order valence-corrected chi connectivity index (χ0v) is 21.2. The van der Waals surface area contributed by atoms with E-state index in [-0.39, 0.29) is 19.1 Å². The summed E-state index contributed by atoms with van der Waals surface area (Å²) in [5, 5.41) is 13.8. The third kappa shape index (κ3) is 5.11. The molecule has 12 nitrogen and oxygen atoms in total. The molecular formula is C23H37NO11. The van der Waals surface area contributed by atoms with E-state index in [2.05, 4.69) is 5.32 Å². The Bertz CT molecular complexity index is 819. The van der Waals surface area contributed by atoms with Crippen molar-refractivity contribution in [3.63, 3.8) is 0 Å². The first kappa shape index (κ1) is 25.7. The lowest BCUT2D eigenvalue weighted by atomic mass is 9.95. The molecule has 2 N–H and O–H groups in total. The Morgan fingerprint density at radius 2 is 1.51 bits per heavy atom. The summed E-state index contributed by atoms with van der Waals surface area (Å²) in [5.41, 5.74) is 0. The van der Waals surface area contributed by atoms with Gasteiger partial charge in [0.25, 0.3) is 0 Å².